The molecule has 0 spiro atoms. The summed E-state index contributed by atoms with van der Waals surface area (Å²) in [5, 5.41) is 16.9. The minimum Gasteiger partial charge on any atom is -0.383 e. The zero-order valence-electron chi connectivity index (χ0n) is 13.6. The second kappa shape index (κ2) is 8.67. The number of nitrogens with one attached hydrogen (secondary N) is 2. The van der Waals surface area contributed by atoms with Gasteiger partial charge in [-0.2, -0.15) is 0 Å². The number of rotatable bonds is 8. The van der Waals surface area contributed by atoms with Crippen molar-refractivity contribution in [2.24, 2.45) is 0 Å². The minimum absolute atomic E-state index is 0.0113. The predicted molar refractivity (Wildman–Crippen MR) is 94.0 cm³/mol. The Hall–Kier alpha value is -2.89. The van der Waals surface area contributed by atoms with Gasteiger partial charge in [-0.1, -0.05) is 30.3 Å². The fourth-order valence-electron chi connectivity index (χ4n) is 2.31. The number of nitro groups is 1. The van der Waals surface area contributed by atoms with Gasteiger partial charge in [-0.05, 0) is 31.0 Å². The van der Waals surface area contributed by atoms with E-state index >= 15 is 0 Å². The second-order valence-electron chi connectivity index (χ2n) is 5.64. The number of nitrogens with zero attached hydrogens (tertiary/aromatic N) is 1. The molecule has 0 radical (unpaired) electrons. The normalized spacial score (nSPS) is 11.5. The first-order valence-corrected chi connectivity index (χ1v) is 7.86. The smallest absolute Gasteiger partial charge is 0.269 e. The quantitative estimate of drug-likeness (QED) is 0.576. The van der Waals surface area contributed by atoms with E-state index in [0.717, 1.165) is 11.3 Å². The molecule has 126 valence electrons. The van der Waals surface area contributed by atoms with Crippen LogP contribution in [0.15, 0.2) is 54.6 Å². The van der Waals surface area contributed by atoms with Gasteiger partial charge in [-0.3, -0.25) is 14.9 Å². The Balaban J connectivity index is 1.74. The highest BCUT2D eigenvalue weighted by atomic mass is 16.6. The van der Waals surface area contributed by atoms with Crippen LogP contribution in [-0.4, -0.2) is 23.4 Å². The molecule has 2 rings (SSSR count). The summed E-state index contributed by atoms with van der Waals surface area (Å²) < 4.78 is 0. The van der Waals surface area contributed by atoms with E-state index in [1.807, 2.05) is 37.3 Å². The number of hydrogen-bond donors (Lipinski definition) is 2. The van der Waals surface area contributed by atoms with Crippen LogP contribution in [0.4, 0.5) is 11.4 Å². The van der Waals surface area contributed by atoms with Crippen LogP contribution in [0.1, 0.15) is 18.9 Å². The molecule has 0 bridgehead atoms. The Morgan fingerprint density at radius 1 is 1.17 bits per heavy atom. The van der Waals surface area contributed by atoms with Crippen LogP contribution in [0, 0.1) is 10.1 Å². The van der Waals surface area contributed by atoms with Gasteiger partial charge in [0.25, 0.3) is 5.69 Å². The molecule has 0 saturated carbocycles. The zero-order chi connectivity index (χ0) is 17.4. The number of aryl methyl sites for hydroxylation is 1. The van der Waals surface area contributed by atoms with E-state index in [0.29, 0.717) is 19.4 Å². The molecular weight excluding hydrogens is 306 g/mol. The molecule has 2 aromatic rings. The minimum atomic E-state index is -0.430. The summed E-state index contributed by atoms with van der Waals surface area (Å²) in [6.07, 6.45) is 0.781. The Kier molecular flexibility index (Phi) is 6.31. The molecule has 0 fully saturated rings. The van der Waals surface area contributed by atoms with Crippen molar-refractivity contribution in [3.05, 3.63) is 70.3 Å². The lowest BCUT2D eigenvalue weighted by atomic mass is 10.1. The Bertz CT molecular complexity index is 689. The van der Waals surface area contributed by atoms with E-state index < -0.39 is 4.92 Å². The number of carbonyl (C=O) groups excluding carboxylic acids is 1. The number of anilines is 1. The highest BCUT2D eigenvalue weighted by Gasteiger charge is 2.09. The van der Waals surface area contributed by atoms with Crippen LogP contribution in [0.5, 0.6) is 0 Å². The molecule has 6 nitrogen and oxygen atoms in total. The average Bonchev–Trinajstić information content (AvgIpc) is 2.59. The number of nitro benzene ring substituents is 1. The number of hydrogen-bond acceptors (Lipinski definition) is 4. The molecule has 0 aliphatic rings. The standard InChI is InChI=1S/C18H21N3O3/c1-14(13-19-16-7-3-2-4-8-16)20-18(22)11-10-15-6-5-9-17(12-15)21(23)24/h2-9,12,14,19H,10-11,13H2,1H3,(H,20,22). The Morgan fingerprint density at radius 2 is 1.92 bits per heavy atom. The van der Waals surface area contributed by atoms with Crippen molar-refractivity contribution >= 4 is 17.3 Å². The summed E-state index contributed by atoms with van der Waals surface area (Å²) in [6, 6.07) is 16.2. The lowest BCUT2D eigenvalue weighted by Gasteiger charge is -2.15. The van der Waals surface area contributed by atoms with Crippen molar-refractivity contribution < 1.29 is 9.72 Å². The van der Waals surface area contributed by atoms with Crippen LogP contribution < -0.4 is 10.6 Å². The largest absolute Gasteiger partial charge is 0.383 e. The van der Waals surface area contributed by atoms with E-state index in [4.69, 9.17) is 0 Å². The van der Waals surface area contributed by atoms with Crippen molar-refractivity contribution in [1.82, 2.24) is 5.32 Å². The van der Waals surface area contributed by atoms with E-state index in [1.54, 1.807) is 12.1 Å². The molecule has 0 saturated heterocycles. The highest BCUT2D eigenvalue weighted by Crippen LogP contribution is 2.14. The first kappa shape index (κ1) is 17.5. The van der Waals surface area contributed by atoms with Gasteiger partial charge < -0.3 is 10.6 Å². The fraction of sp³-hybridized carbons (Fsp3) is 0.278. The second-order valence-corrected chi connectivity index (χ2v) is 5.64. The molecule has 24 heavy (non-hydrogen) atoms. The Labute approximate surface area is 141 Å². The molecule has 0 aliphatic heterocycles. The van der Waals surface area contributed by atoms with Gasteiger partial charge in [0.1, 0.15) is 0 Å². The van der Waals surface area contributed by atoms with Crippen molar-refractivity contribution in [3.8, 4) is 0 Å². The molecular formula is C18H21N3O3. The van der Waals surface area contributed by atoms with Crippen molar-refractivity contribution in [3.63, 3.8) is 0 Å². The van der Waals surface area contributed by atoms with Gasteiger partial charge in [0.15, 0.2) is 0 Å². The van der Waals surface area contributed by atoms with Crippen LogP contribution >= 0.6 is 0 Å². The maximum absolute atomic E-state index is 12.0. The first-order chi connectivity index (χ1) is 11.5. The topological polar surface area (TPSA) is 84.3 Å². The third-order valence-electron chi connectivity index (χ3n) is 3.56. The summed E-state index contributed by atoms with van der Waals surface area (Å²) in [5.41, 5.74) is 1.85. The van der Waals surface area contributed by atoms with Crippen molar-refractivity contribution in [1.29, 1.82) is 0 Å². The molecule has 6 heteroatoms. The van der Waals surface area contributed by atoms with Crippen molar-refractivity contribution in [2.75, 3.05) is 11.9 Å². The molecule has 0 heterocycles. The summed E-state index contributed by atoms with van der Waals surface area (Å²) in [6.45, 7) is 2.56. The number of non-ortho nitro benzene ring substituents is 1. The van der Waals surface area contributed by atoms with E-state index in [-0.39, 0.29) is 17.6 Å². The molecule has 2 N–H and O–H groups in total. The molecule has 1 amide bonds. The zero-order valence-corrected chi connectivity index (χ0v) is 13.6. The maximum Gasteiger partial charge on any atom is 0.269 e. The van der Waals surface area contributed by atoms with Gasteiger partial charge >= 0.3 is 0 Å². The van der Waals surface area contributed by atoms with Crippen LogP contribution in [0.25, 0.3) is 0 Å². The molecule has 1 unspecified atom stereocenters. The van der Waals surface area contributed by atoms with Crippen LogP contribution in [0.2, 0.25) is 0 Å². The summed E-state index contributed by atoms with van der Waals surface area (Å²) >= 11 is 0. The van der Waals surface area contributed by atoms with Gasteiger partial charge in [-0.15, -0.1) is 0 Å². The predicted octanol–water partition coefficient (Wildman–Crippen LogP) is 3.14. The van der Waals surface area contributed by atoms with E-state index in [2.05, 4.69) is 10.6 Å². The van der Waals surface area contributed by atoms with Gasteiger partial charge in [0, 0.05) is 36.8 Å². The third kappa shape index (κ3) is 5.72. The Morgan fingerprint density at radius 3 is 2.62 bits per heavy atom. The average molecular weight is 327 g/mol. The molecule has 0 aromatic heterocycles. The lowest BCUT2D eigenvalue weighted by molar-refractivity contribution is -0.384. The monoisotopic (exact) mass is 327 g/mol. The maximum atomic E-state index is 12.0. The number of para-hydroxylation sites is 1. The van der Waals surface area contributed by atoms with Gasteiger partial charge in [0.05, 0.1) is 4.92 Å². The van der Waals surface area contributed by atoms with E-state index in [9.17, 15) is 14.9 Å². The SMILES string of the molecule is CC(CNc1ccccc1)NC(=O)CCc1cccc([N+](=O)[O-])c1. The summed E-state index contributed by atoms with van der Waals surface area (Å²) in [5.74, 6) is -0.0659. The highest BCUT2D eigenvalue weighted by molar-refractivity contribution is 5.76. The first-order valence-electron chi connectivity index (χ1n) is 7.86. The summed E-state index contributed by atoms with van der Waals surface area (Å²) in [4.78, 5) is 22.3. The lowest BCUT2D eigenvalue weighted by Crippen LogP contribution is -2.37. The van der Waals surface area contributed by atoms with Gasteiger partial charge in [-0.25, -0.2) is 0 Å². The number of carbonyl (C=O) groups is 1. The van der Waals surface area contributed by atoms with Crippen LogP contribution in [-0.2, 0) is 11.2 Å². The molecule has 0 aliphatic carbocycles. The molecule has 2 aromatic carbocycles. The van der Waals surface area contributed by atoms with E-state index in [1.165, 1.54) is 12.1 Å². The third-order valence-corrected chi connectivity index (χ3v) is 3.56. The van der Waals surface area contributed by atoms with Crippen LogP contribution in [0.3, 0.4) is 0 Å². The van der Waals surface area contributed by atoms with Crippen molar-refractivity contribution in [2.45, 2.75) is 25.8 Å². The number of amides is 1. The summed E-state index contributed by atoms with van der Waals surface area (Å²) in [7, 11) is 0. The number of benzene rings is 2. The van der Waals surface area contributed by atoms with Gasteiger partial charge in [0.2, 0.25) is 5.91 Å². The fourth-order valence-corrected chi connectivity index (χ4v) is 2.31. The molecule has 1 atom stereocenters.